The van der Waals surface area contributed by atoms with E-state index in [0.717, 1.165) is 62.7 Å². The van der Waals surface area contributed by atoms with Gasteiger partial charge < -0.3 is 19.9 Å². The maximum absolute atomic E-state index is 11.7. The maximum atomic E-state index is 11.7. The first-order valence-corrected chi connectivity index (χ1v) is 9.90. The van der Waals surface area contributed by atoms with Crippen LogP contribution in [-0.2, 0) is 11.2 Å². The van der Waals surface area contributed by atoms with Crippen molar-refractivity contribution in [3.05, 3.63) is 36.3 Å². The molecule has 1 unspecified atom stereocenters. The quantitative estimate of drug-likeness (QED) is 0.633. The van der Waals surface area contributed by atoms with Gasteiger partial charge in [-0.3, -0.25) is 9.79 Å². The molecule has 0 radical (unpaired) electrons. The molecule has 0 aliphatic carbocycles. The predicted octanol–water partition coefficient (Wildman–Crippen LogP) is 1.44. The number of amides is 1. The highest BCUT2D eigenvalue weighted by Gasteiger charge is 2.42. The fraction of sp³-hybridized carbons (Fsp3) is 0.550. The molecular formula is C20H28N6O. The molecule has 2 aliphatic heterocycles. The third-order valence-corrected chi connectivity index (χ3v) is 5.54. The molecule has 2 aliphatic rings. The number of rotatable bonds is 4. The minimum absolute atomic E-state index is 0.0765. The highest BCUT2D eigenvalue weighted by atomic mass is 16.1. The molecule has 4 heterocycles. The number of imidazole rings is 1. The third-order valence-electron chi connectivity index (χ3n) is 5.54. The van der Waals surface area contributed by atoms with E-state index in [1.54, 1.807) is 0 Å². The average Bonchev–Trinajstić information content (AvgIpc) is 3.24. The molecule has 2 fully saturated rings. The molecule has 144 valence electrons. The van der Waals surface area contributed by atoms with Gasteiger partial charge in [0.1, 0.15) is 5.65 Å². The molecule has 7 heteroatoms. The topological polar surface area (TPSA) is 74.0 Å². The van der Waals surface area contributed by atoms with Gasteiger partial charge in [0.15, 0.2) is 5.96 Å². The first-order valence-electron chi connectivity index (χ1n) is 9.90. The zero-order chi connectivity index (χ0) is 18.7. The van der Waals surface area contributed by atoms with Crippen LogP contribution in [0.5, 0.6) is 0 Å². The van der Waals surface area contributed by atoms with Crippen molar-refractivity contribution in [2.45, 2.75) is 32.6 Å². The van der Waals surface area contributed by atoms with Gasteiger partial charge in [0.2, 0.25) is 5.91 Å². The standard InChI is InChI=1S/C20H28N6O/c1-2-21-19(26-11-5-8-20(15-26)12-18(27)23-14-20)22-9-7-16-13-25-10-4-3-6-17(25)24-16/h3-4,6,10,13H,2,5,7-9,11-12,14-15H2,1H3,(H,21,22)(H,23,27). The second-order valence-corrected chi connectivity index (χ2v) is 7.66. The average molecular weight is 368 g/mol. The van der Waals surface area contributed by atoms with Crippen LogP contribution in [-0.4, -0.2) is 58.9 Å². The fourth-order valence-electron chi connectivity index (χ4n) is 4.24. The number of carbonyl (C=O) groups is 1. The van der Waals surface area contributed by atoms with E-state index in [4.69, 9.17) is 4.99 Å². The summed E-state index contributed by atoms with van der Waals surface area (Å²) in [6.45, 7) is 6.32. The summed E-state index contributed by atoms with van der Waals surface area (Å²) >= 11 is 0. The van der Waals surface area contributed by atoms with E-state index in [1.807, 2.05) is 28.8 Å². The molecule has 0 aromatic carbocycles. The molecule has 0 bridgehead atoms. The number of hydrogen-bond acceptors (Lipinski definition) is 3. The lowest BCUT2D eigenvalue weighted by atomic mass is 9.79. The molecule has 2 aromatic heterocycles. The van der Waals surface area contributed by atoms with E-state index in [2.05, 4.69) is 33.6 Å². The second-order valence-electron chi connectivity index (χ2n) is 7.66. The van der Waals surface area contributed by atoms with Gasteiger partial charge in [0, 0.05) is 63.4 Å². The number of aromatic nitrogens is 2. The van der Waals surface area contributed by atoms with Gasteiger partial charge in [0.05, 0.1) is 5.69 Å². The van der Waals surface area contributed by atoms with Gasteiger partial charge in [-0.15, -0.1) is 0 Å². The highest BCUT2D eigenvalue weighted by molar-refractivity contribution is 5.81. The van der Waals surface area contributed by atoms with Crippen molar-refractivity contribution in [3.63, 3.8) is 0 Å². The molecule has 2 N–H and O–H groups in total. The summed E-state index contributed by atoms with van der Waals surface area (Å²) in [6.07, 6.45) is 7.77. The number of hydrogen-bond donors (Lipinski definition) is 2. The molecule has 2 saturated heterocycles. The van der Waals surface area contributed by atoms with Crippen LogP contribution in [0.15, 0.2) is 35.6 Å². The number of pyridine rings is 1. The van der Waals surface area contributed by atoms with Crippen molar-refractivity contribution in [2.24, 2.45) is 10.4 Å². The summed E-state index contributed by atoms with van der Waals surface area (Å²) in [4.78, 5) is 23.6. The lowest BCUT2D eigenvalue weighted by molar-refractivity contribution is -0.119. The smallest absolute Gasteiger partial charge is 0.220 e. The summed E-state index contributed by atoms with van der Waals surface area (Å²) in [5, 5.41) is 6.44. The first kappa shape index (κ1) is 17.8. The number of carbonyl (C=O) groups excluding carboxylic acids is 1. The summed E-state index contributed by atoms with van der Waals surface area (Å²) in [5.41, 5.74) is 2.11. The van der Waals surface area contributed by atoms with Crippen LogP contribution < -0.4 is 10.6 Å². The minimum Gasteiger partial charge on any atom is -0.357 e. The van der Waals surface area contributed by atoms with E-state index < -0.39 is 0 Å². The minimum atomic E-state index is 0.0765. The van der Waals surface area contributed by atoms with E-state index in [9.17, 15) is 4.79 Å². The Bertz CT molecular complexity index is 811. The number of guanidine groups is 1. The van der Waals surface area contributed by atoms with Crippen molar-refractivity contribution >= 4 is 17.5 Å². The van der Waals surface area contributed by atoms with Crippen LogP contribution in [0.2, 0.25) is 0 Å². The molecule has 1 atom stereocenters. The van der Waals surface area contributed by atoms with Crippen LogP contribution in [0, 0.1) is 5.41 Å². The molecule has 1 amide bonds. The van der Waals surface area contributed by atoms with Crippen LogP contribution in [0.4, 0.5) is 0 Å². The SMILES string of the molecule is CCNC(=NCCc1cn2ccccc2n1)N1CCCC2(CNC(=O)C2)C1. The van der Waals surface area contributed by atoms with Crippen molar-refractivity contribution in [1.82, 2.24) is 24.9 Å². The first-order chi connectivity index (χ1) is 13.2. The van der Waals surface area contributed by atoms with E-state index >= 15 is 0 Å². The number of likely N-dealkylation sites (tertiary alicyclic amines) is 1. The van der Waals surface area contributed by atoms with Crippen LogP contribution in [0.1, 0.15) is 31.9 Å². The molecule has 2 aromatic rings. The van der Waals surface area contributed by atoms with Crippen molar-refractivity contribution in [2.75, 3.05) is 32.7 Å². The van der Waals surface area contributed by atoms with Crippen molar-refractivity contribution < 1.29 is 4.79 Å². The Morgan fingerprint density at radius 1 is 1.44 bits per heavy atom. The number of nitrogens with zero attached hydrogens (tertiary/aromatic N) is 4. The summed E-state index contributed by atoms with van der Waals surface area (Å²) in [6, 6.07) is 6.03. The maximum Gasteiger partial charge on any atom is 0.220 e. The third kappa shape index (κ3) is 3.91. The molecule has 27 heavy (non-hydrogen) atoms. The molecule has 4 rings (SSSR count). The number of nitrogens with one attached hydrogen (secondary N) is 2. The summed E-state index contributed by atoms with van der Waals surface area (Å²) in [7, 11) is 0. The molecular weight excluding hydrogens is 340 g/mol. The van der Waals surface area contributed by atoms with E-state index in [1.165, 1.54) is 0 Å². The Hall–Kier alpha value is -2.57. The molecule has 7 nitrogen and oxygen atoms in total. The van der Waals surface area contributed by atoms with Gasteiger partial charge in [0.25, 0.3) is 0 Å². The lowest BCUT2D eigenvalue weighted by Gasteiger charge is -2.40. The van der Waals surface area contributed by atoms with Gasteiger partial charge in [-0.05, 0) is 31.9 Å². The normalized spacial score (nSPS) is 23.2. The summed E-state index contributed by atoms with van der Waals surface area (Å²) in [5.74, 6) is 1.14. The van der Waals surface area contributed by atoms with Gasteiger partial charge >= 0.3 is 0 Å². The predicted molar refractivity (Wildman–Crippen MR) is 106 cm³/mol. The van der Waals surface area contributed by atoms with Gasteiger partial charge in [-0.25, -0.2) is 4.98 Å². The van der Waals surface area contributed by atoms with E-state index in [-0.39, 0.29) is 11.3 Å². The Kier molecular flexibility index (Phi) is 5.01. The number of aliphatic imine (C=N–C) groups is 1. The van der Waals surface area contributed by atoms with Crippen molar-refractivity contribution in [3.8, 4) is 0 Å². The van der Waals surface area contributed by atoms with Crippen molar-refractivity contribution in [1.29, 1.82) is 0 Å². The molecule has 1 spiro atoms. The fourth-order valence-corrected chi connectivity index (χ4v) is 4.24. The largest absolute Gasteiger partial charge is 0.357 e. The van der Waals surface area contributed by atoms with Gasteiger partial charge in [-0.1, -0.05) is 6.07 Å². The number of piperidine rings is 1. The van der Waals surface area contributed by atoms with Crippen LogP contribution >= 0.6 is 0 Å². The van der Waals surface area contributed by atoms with Gasteiger partial charge in [-0.2, -0.15) is 0 Å². The van der Waals surface area contributed by atoms with Crippen LogP contribution in [0.3, 0.4) is 0 Å². The monoisotopic (exact) mass is 368 g/mol. The zero-order valence-corrected chi connectivity index (χ0v) is 15.9. The zero-order valence-electron chi connectivity index (χ0n) is 15.9. The highest BCUT2D eigenvalue weighted by Crippen LogP contribution is 2.35. The second kappa shape index (κ2) is 7.58. The Morgan fingerprint density at radius 2 is 2.37 bits per heavy atom. The lowest BCUT2D eigenvalue weighted by Crippen LogP contribution is -2.51. The number of fused-ring (bicyclic) bond motifs is 1. The molecule has 0 saturated carbocycles. The van der Waals surface area contributed by atoms with E-state index in [0.29, 0.717) is 13.0 Å². The Balaban J connectivity index is 1.42. The Morgan fingerprint density at radius 3 is 3.15 bits per heavy atom. The summed E-state index contributed by atoms with van der Waals surface area (Å²) < 4.78 is 2.04. The van der Waals surface area contributed by atoms with Crippen LogP contribution in [0.25, 0.3) is 5.65 Å². The Labute approximate surface area is 159 Å².